The van der Waals surface area contributed by atoms with E-state index < -0.39 is 0 Å². The lowest BCUT2D eigenvalue weighted by atomic mass is 10.4. The number of anilines is 1. The van der Waals surface area contributed by atoms with Gasteiger partial charge in [-0.25, -0.2) is 4.98 Å². The summed E-state index contributed by atoms with van der Waals surface area (Å²) in [6.45, 7) is 1.88. The second-order valence-corrected chi connectivity index (χ2v) is 3.59. The van der Waals surface area contributed by atoms with Gasteiger partial charge < -0.3 is 5.73 Å². The van der Waals surface area contributed by atoms with Gasteiger partial charge in [0.25, 0.3) is 0 Å². The number of hydrogen-bond acceptors (Lipinski definition) is 5. The van der Waals surface area contributed by atoms with Crippen molar-refractivity contribution >= 4 is 16.3 Å². The highest BCUT2D eigenvalue weighted by atomic mass is 32.1. The smallest absolute Gasteiger partial charge is 0.145 e. The van der Waals surface area contributed by atoms with E-state index in [1.54, 1.807) is 18.6 Å². The number of rotatable bonds is 1. The molecule has 5 heteroatoms. The Morgan fingerprint density at radius 1 is 1.38 bits per heavy atom. The fourth-order valence-electron chi connectivity index (χ4n) is 0.927. The highest BCUT2D eigenvalue weighted by Gasteiger charge is 2.06. The van der Waals surface area contributed by atoms with Crippen LogP contribution in [-0.2, 0) is 0 Å². The van der Waals surface area contributed by atoms with E-state index in [1.165, 1.54) is 11.3 Å². The van der Waals surface area contributed by atoms with E-state index in [2.05, 4.69) is 15.0 Å². The summed E-state index contributed by atoms with van der Waals surface area (Å²) in [5.41, 5.74) is 7.31. The van der Waals surface area contributed by atoms with Gasteiger partial charge in [-0.3, -0.25) is 9.97 Å². The van der Waals surface area contributed by atoms with Gasteiger partial charge in [-0.15, -0.1) is 0 Å². The van der Waals surface area contributed by atoms with Gasteiger partial charge in [0.1, 0.15) is 15.7 Å². The van der Waals surface area contributed by atoms with Crippen LogP contribution in [0.5, 0.6) is 0 Å². The zero-order valence-electron chi connectivity index (χ0n) is 7.06. The van der Waals surface area contributed by atoms with Gasteiger partial charge >= 0.3 is 0 Å². The average Bonchev–Trinajstić information content (AvgIpc) is 2.49. The number of thiazole rings is 1. The maximum Gasteiger partial charge on any atom is 0.145 e. The molecule has 2 aromatic rings. The van der Waals surface area contributed by atoms with E-state index in [9.17, 15) is 0 Å². The van der Waals surface area contributed by atoms with E-state index in [1.807, 2.05) is 6.92 Å². The predicted molar refractivity (Wildman–Crippen MR) is 52.3 cm³/mol. The zero-order valence-corrected chi connectivity index (χ0v) is 7.88. The van der Waals surface area contributed by atoms with Gasteiger partial charge in [-0.1, -0.05) is 11.3 Å². The third kappa shape index (κ3) is 1.50. The van der Waals surface area contributed by atoms with Crippen molar-refractivity contribution in [2.45, 2.75) is 6.92 Å². The Morgan fingerprint density at radius 2 is 2.23 bits per heavy atom. The maximum atomic E-state index is 5.69. The summed E-state index contributed by atoms with van der Waals surface area (Å²) in [5, 5.41) is 1.56. The molecule has 0 aliphatic heterocycles. The Kier molecular flexibility index (Phi) is 1.94. The lowest BCUT2D eigenvalue weighted by Gasteiger charge is -1.90. The molecule has 66 valence electrons. The van der Waals surface area contributed by atoms with Crippen molar-refractivity contribution in [3.63, 3.8) is 0 Å². The summed E-state index contributed by atoms with van der Waals surface area (Å²) in [5.74, 6) is 0. The summed E-state index contributed by atoms with van der Waals surface area (Å²) < 4.78 is 0. The molecule has 0 aliphatic rings. The van der Waals surface area contributed by atoms with Gasteiger partial charge in [0.2, 0.25) is 0 Å². The zero-order chi connectivity index (χ0) is 9.26. The standard InChI is InChI=1S/C8H8N4S/c1-5-7(9)13-8(12-5)6-4-10-2-3-11-6/h2-4H,9H2,1H3. The van der Waals surface area contributed by atoms with Crippen LogP contribution in [-0.4, -0.2) is 15.0 Å². The average molecular weight is 192 g/mol. The maximum absolute atomic E-state index is 5.69. The van der Waals surface area contributed by atoms with Crippen molar-refractivity contribution in [3.05, 3.63) is 24.3 Å². The lowest BCUT2D eigenvalue weighted by Crippen LogP contribution is -1.83. The minimum atomic E-state index is 0.737. The predicted octanol–water partition coefficient (Wildman–Crippen LogP) is 1.49. The number of nitrogen functional groups attached to an aromatic ring is 1. The Balaban J connectivity index is 2.48. The number of nitrogens with zero attached hydrogens (tertiary/aromatic N) is 3. The van der Waals surface area contributed by atoms with Crippen LogP contribution in [0.25, 0.3) is 10.7 Å². The largest absolute Gasteiger partial charge is 0.389 e. The molecular weight excluding hydrogens is 184 g/mol. The molecule has 2 aromatic heterocycles. The van der Waals surface area contributed by atoms with E-state index in [4.69, 9.17) is 5.73 Å². The second-order valence-electron chi connectivity index (χ2n) is 2.56. The molecule has 0 amide bonds. The fourth-order valence-corrected chi connectivity index (χ4v) is 1.72. The molecule has 0 aliphatic carbocycles. The van der Waals surface area contributed by atoms with Crippen LogP contribution in [0.4, 0.5) is 5.00 Å². The van der Waals surface area contributed by atoms with E-state index >= 15 is 0 Å². The first kappa shape index (κ1) is 8.12. The Morgan fingerprint density at radius 3 is 2.77 bits per heavy atom. The third-order valence-corrected chi connectivity index (χ3v) is 2.62. The van der Waals surface area contributed by atoms with Gasteiger partial charge in [0.15, 0.2) is 0 Å². The molecule has 0 saturated carbocycles. The number of nitrogens with two attached hydrogens (primary N) is 1. The molecule has 0 aromatic carbocycles. The van der Waals surface area contributed by atoms with Crippen molar-refractivity contribution in [2.75, 3.05) is 5.73 Å². The Bertz CT molecular complexity index is 390. The minimum Gasteiger partial charge on any atom is -0.389 e. The molecule has 0 unspecified atom stereocenters. The van der Waals surface area contributed by atoms with Crippen LogP contribution in [0.2, 0.25) is 0 Å². The molecule has 0 spiro atoms. The van der Waals surface area contributed by atoms with Crippen molar-refractivity contribution in [2.24, 2.45) is 0 Å². The highest BCUT2D eigenvalue weighted by molar-refractivity contribution is 7.18. The van der Waals surface area contributed by atoms with Crippen LogP contribution in [0, 0.1) is 6.92 Å². The van der Waals surface area contributed by atoms with Crippen LogP contribution < -0.4 is 5.73 Å². The van der Waals surface area contributed by atoms with Crippen molar-refractivity contribution in [1.82, 2.24) is 15.0 Å². The number of aromatic nitrogens is 3. The molecule has 0 fully saturated rings. The summed E-state index contributed by atoms with van der Waals surface area (Å²) >= 11 is 1.43. The van der Waals surface area contributed by atoms with Crippen LogP contribution in [0.1, 0.15) is 5.69 Å². The molecule has 0 radical (unpaired) electrons. The summed E-state index contributed by atoms with van der Waals surface area (Å²) in [6, 6.07) is 0. The fraction of sp³-hybridized carbons (Fsp3) is 0.125. The molecule has 4 nitrogen and oxygen atoms in total. The quantitative estimate of drug-likeness (QED) is 0.743. The van der Waals surface area contributed by atoms with E-state index in [0.29, 0.717) is 0 Å². The number of aryl methyl sites for hydroxylation is 1. The molecule has 2 rings (SSSR count). The van der Waals surface area contributed by atoms with E-state index in [-0.39, 0.29) is 0 Å². The SMILES string of the molecule is Cc1nc(-c2cnccn2)sc1N. The Labute approximate surface area is 79.5 Å². The molecule has 0 bridgehead atoms. The molecule has 13 heavy (non-hydrogen) atoms. The van der Waals surface area contributed by atoms with Crippen LogP contribution >= 0.6 is 11.3 Å². The monoisotopic (exact) mass is 192 g/mol. The molecule has 2 N–H and O–H groups in total. The van der Waals surface area contributed by atoms with Gasteiger partial charge in [0, 0.05) is 12.4 Å². The summed E-state index contributed by atoms with van der Waals surface area (Å²) in [4.78, 5) is 12.4. The van der Waals surface area contributed by atoms with Crippen LogP contribution in [0.15, 0.2) is 18.6 Å². The topological polar surface area (TPSA) is 64.7 Å². The first-order valence-electron chi connectivity index (χ1n) is 3.76. The Hall–Kier alpha value is -1.49. The normalized spacial score (nSPS) is 10.2. The molecule has 2 heterocycles. The second kappa shape index (κ2) is 3.10. The molecule has 0 saturated heterocycles. The minimum absolute atomic E-state index is 0.737. The third-order valence-electron chi connectivity index (χ3n) is 1.61. The van der Waals surface area contributed by atoms with Gasteiger partial charge in [-0.05, 0) is 6.92 Å². The molecule has 0 atom stereocenters. The van der Waals surface area contributed by atoms with E-state index in [0.717, 1.165) is 21.4 Å². The summed E-state index contributed by atoms with van der Waals surface area (Å²) in [6.07, 6.45) is 4.95. The highest BCUT2D eigenvalue weighted by Crippen LogP contribution is 2.27. The van der Waals surface area contributed by atoms with Gasteiger partial charge in [0.05, 0.1) is 11.9 Å². The first-order chi connectivity index (χ1) is 6.27. The molecular formula is C8H8N4S. The van der Waals surface area contributed by atoms with Crippen molar-refractivity contribution in [3.8, 4) is 10.7 Å². The first-order valence-corrected chi connectivity index (χ1v) is 4.58. The number of hydrogen-bond donors (Lipinski definition) is 1. The lowest BCUT2D eigenvalue weighted by molar-refractivity contribution is 1.18. The summed E-state index contributed by atoms with van der Waals surface area (Å²) in [7, 11) is 0. The van der Waals surface area contributed by atoms with Crippen molar-refractivity contribution in [1.29, 1.82) is 0 Å². The van der Waals surface area contributed by atoms with Gasteiger partial charge in [-0.2, -0.15) is 0 Å². The van der Waals surface area contributed by atoms with Crippen molar-refractivity contribution < 1.29 is 0 Å². The van der Waals surface area contributed by atoms with Crippen LogP contribution in [0.3, 0.4) is 0 Å².